The van der Waals surface area contributed by atoms with Gasteiger partial charge in [-0.25, -0.2) is 0 Å². The van der Waals surface area contributed by atoms with Crippen molar-refractivity contribution in [3.63, 3.8) is 0 Å². The first-order valence-electron chi connectivity index (χ1n) is 4.89. The molecule has 1 aromatic rings. The topological polar surface area (TPSA) is 35.2 Å². The molecule has 0 aliphatic rings. The van der Waals surface area contributed by atoms with E-state index >= 15 is 0 Å². The maximum absolute atomic E-state index is 12.4. The average molecular weight is 270 g/mol. The van der Waals surface area contributed by atoms with Crippen LogP contribution in [-0.4, -0.2) is 12.3 Å². The van der Waals surface area contributed by atoms with Crippen molar-refractivity contribution in [2.75, 3.05) is 0 Å². The van der Waals surface area contributed by atoms with Crippen LogP contribution in [0.2, 0.25) is 0 Å². The molecule has 0 aliphatic heterocycles. The lowest BCUT2D eigenvalue weighted by molar-refractivity contribution is -0.149. The molecule has 0 aliphatic carbocycles. The number of alkyl halides is 3. The minimum Gasteiger partial charge on any atom is -0.491 e. The maximum Gasteiger partial charge on any atom is 0.407 e. The summed E-state index contributed by atoms with van der Waals surface area (Å²) >= 11 is 0. The molecule has 6 heteroatoms. The highest BCUT2D eigenvalue weighted by Gasteiger charge is 2.37. The monoisotopic (exact) mass is 269 g/mol. The van der Waals surface area contributed by atoms with Gasteiger partial charge in [0, 0.05) is 0 Å². The fourth-order valence-corrected chi connectivity index (χ4v) is 1.24. The molecule has 17 heavy (non-hydrogen) atoms. The van der Waals surface area contributed by atoms with Gasteiger partial charge in [-0.2, -0.15) is 13.2 Å². The minimum atomic E-state index is -4.43. The largest absolute Gasteiger partial charge is 0.491 e. The van der Waals surface area contributed by atoms with Crippen LogP contribution in [0.25, 0.3) is 0 Å². The highest BCUT2D eigenvalue weighted by atomic mass is 35.5. The van der Waals surface area contributed by atoms with Crippen molar-refractivity contribution in [1.82, 2.24) is 0 Å². The predicted octanol–water partition coefficient (Wildman–Crippen LogP) is 3.46. The molecule has 1 rings (SSSR count). The Kier molecular flexibility index (Phi) is 5.78. The van der Waals surface area contributed by atoms with Gasteiger partial charge >= 0.3 is 6.18 Å². The van der Waals surface area contributed by atoms with Gasteiger partial charge in [0.2, 0.25) is 0 Å². The average Bonchev–Trinajstić information content (AvgIpc) is 2.14. The van der Waals surface area contributed by atoms with Crippen LogP contribution in [0.5, 0.6) is 5.75 Å². The summed E-state index contributed by atoms with van der Waals surface area (Å²) in [6, 6.07) is 3.79. The molecule has 1 aromatic carbocycles. The lowest BCUT2D eigenvalue weighted by Crippen LogP contribution is -2.28. The van der Waals surface area contributed by atoms with Crippen LogP contribution in [0.15, 0.2) is 24.3 Å². The van der Waals surface area contributed by atoms with E-state index in [1.807, 2.05) is 0 Å². The summed E-state index contributed by atoms with van der Waals surface area (Å²) in [5.74, 6) is 0.396. The highest BCUT2D eigenvalue weighted by molar-refractivity contribution is 5.85. The van der Waals surface area contributed by atoms with Crippen LogP contribution in [0.1, 0.15) is 25.5 Å². The summed E-state index contributed by atoms with van der Waals surface area (Å²) in [5.41, 5.74) is 5.10. The molecule has 2 nitrogen and oxygen atoms in total. The first kappa shape index (κ1) is 16.1. The van der Waals surface area contributed by atoms with E-state index in [0.29, 0.717) is 5.75 Å². The van der Waals surface area contributed by atoms with Crippen molar-refractivity contribution in [2.45, 2.75) is 32.2 Å². The van der Waals surface area contributed by atoms with Crippen molar-refractivity contribution < 1.29 is 17.9 Å². The van der Waals surface area contributed by atoms with Crippen molar-refractivity contribution in [3.8, 4) is 5.75 Å². The number of benzene rings is 1. The van der Waals surface area contributed by atoms with Crippen LogP contribution in [0.3, 0.4) is 0 Å². The summed E-state index contributed by atoms with van der Waals surface area (Å²) in [4.78, 5) is 0. The Balaban J connectivity index is 0.00000256. The van der Waals surface area contributed by atoms with Gasteiger partial charge in [0.05, 0.1) is 6.10 Å². The Morgan fingerprint density at radius 2 is 1.82 bits per heavy atom. The van der Waals surface area contributed by atoms with E-state index in [-0.39, 0.29) is 24.1 Å². The van der Waals surface area contributed by atoms with Gasteiger partial charge in [0.15, 0.2) is 0 Å². The molecule has 0 radical (unpaired) electrons. The first-order valence-corrected chi connectivity index (χ1v) is 4.89. The van der Waals surface area contributed by atoms with Crippen LogP contribution in [0.4, 0.5) is 13.2 Å². The number of rotatable bonds is 3. The maximum atomic E-state index is 12.4. The molecule has 0 saturated heterocycles. The zero-order chi connectivity index (χ0) is 12.3. The molecule has 0 bridgehead atoms. The zero-order valence-corrected chi connectivity index (χ0v) is 10.3. The Bertz CT molecular complexity index is 355. The third kappa shape index (κ3) is 4.83. The van der Waals surface area contributed by atoms with Gasteiger partial charge in [0.1, 0.15) is 11.8 Å². The summed E-state index contributed by atoms with van der Waals surface area (Å²) in [6.45, 7) is 3.60. The second-order valence-electron chi connectivity index (χ2n) is 3.76. The van der Waals surface area contributed by atoms with Gasteiger partial charge in [-0.3, -0.25) is 0 Å². The second kappa shape index (κ2) is 6.12. The summed E-state index contributed by atoms with van der Waals surface area (Å²) in [7, 11) is 0. The Morgan fingerprint density at radius 3 is 2.29 bits per heavy atom. The molecule has 0 heterocycles. The minimum absolute atomic E-state index is 0. The highest BCUT2D eigenvalue weighted by Crippen LogP contribution is 2.31. The van der Waals surface area contributed by atoms with E-state index in [0.717, 1.165) is 0 Å². The fraction of sp³-hybridized carbons (Fsp3) is 0.455. The normalized spacial score (nSPS) is 13.1. The molecule has 0 spiro atoms. The lowest BCUT2D eigenvalue weighted by Gasteiger charge is -2.17. The summed E-state index contributed by atoms with van der Waals surface area (Å²) < 4.78 is 42.4. The Labute approximate surface area is 104 Å². The molecule has 1 atom stereocenters. The zero-order valence-electron chi connectivity index (χ0n) is 9.49. The van der Waals surface area contributed by atoms with Crippen LogP contribution in [-0.2, 0) is 0 Å². The third-order valence-electron chi connectivity index (χ3n) is 1.94. The van der Waals surface area contributed by atoms with Gasteiger partial charge < -0.3 is 10.5 Å². The molecule has 0 fully saturated rings. The van der Waals surface area contributed by atoms with E-state index in [1.54, 1.807) is 19.9 Å². The lowest BCUT2D eigenvalue weighted by atomic mass is 10.1. The summed E-state index contributed by atoms with van der Waals surface area (Å²) in [5, 5.41) is 0. The van der Waals surface area contributed by atoms with Crippen molar-refractivity contribution >= 4 is 12.4 Å². The predicted molar refractivity (Wildman–Crippen MR) is 62.4 cm³/mol. The van der Waals surface area contributed by atoms with Crippen LogP contribution in [0, 0.1) is 0 Å². The van der Waals surface area contributed by atoms with Crippen molar-refractivity contribution in [1.29, 1.82) is 0 Å². The van der Waals surface area contributed by atoms with E-state index < -0.39 is 12.2 Å². The SMILES string of the molecule is CC(C)Oc1cccc([C@@H](N)C(F)(F)F)c1.Cl. The fourth-order valence-electron chi connectivity index (χ4n) is 1.24. The number of halogens is 4. The van der Waals surface area contributed by atoms with Crippen molar-refractivity contribution in [2.24, 2.45) is 5.73 Å². The van der Waals surface area contributed by atoms with Crippen molar-refractivity contribution in [3.05, 3.63) is 29.8 Å². The van der Waals surface area contributed by atoms with Crippen LogP contribution >= 0.6 is 12.4 Å². The number of hydrogen-bond acceptors (Lipinski definition) is 2. The number of nitrogens with two attached hydrogens (primary N) is 1. The molecule has 0 unspecified atom stereocenters. The Morgan fingerprint density at radius 1 is 1.24 bits per heavy atom. The first-order chi connectivity index (χ1) is 7.30. The molecule has 0 amide bonds. The quantitative estimate of drug-likeness (QED) is 0.912. The molecular weight excluding hydrogens is 255 g/mol. The van der Waals surface area contributed by atoms with Gasteiger partial charge in [-0.15, -0.1) is 12.4 Å². The number of hydrogen-bond donors (Lipinski definition) is 1. The molecule has 2 N–H and O–H groups in total. The van der Waals surface area contributed by atoms with E-state index in [9.17, 15) is 13.2 Å². The number of ether oxygens (including phenoxy) is 1. The molecule has 0 saturated carbocycles. The van der Waals surface area contributed by atoms with Gasteiger partial charge in [-0.05, 0) is 31.5 Å². The third-order valence-corrected chi connectivity index (χ3v) is 1.94. The van der Waals surface area contributed by atoms with Crippen LogP contribution < -0.4 is 10.5 Å². The van der Waals surface area contributed by atoms with E-state index in [2.05, 4.69) is 0 Å². The van der Waals surface area contributed by atoms with E-state index in [4.69, 9.17) is 10.5 Å². The van der Waals surface area contributed by atoms with E-state index in [1.165, 1.54) is 18.2 Å². The van der Waals surface area contributed by atoms with Gasteiger partial charge in [-0.1, -0.05) is 12.1 Å². The Hall–Kier alpha value is -0.940. The van der Waals surface area contributed by atoms with Gasteiger partial charge in [0.25, 0.3) is 0 Å². The molecule has 98 valence electrons. The molecule has 0 aromatic heterocycles. The standard InChI is InChI=1S/C11H14F3NO.ClH/c1-7(2)16-9-5-3-4-8(6-9)10(15)11(12,13)14;/h3-7,10H,15H2,1-2H3;1H/t10-;/m1./s1. The summed E-state index contributed by atoms with van der Waals surface area (Å²) in [6.07, 6.45) is -4.52. The smallest absolute Gasteiger partial charge is 0.407 e. The molecular formula is C11H15ClF3NO. The second-order valence-corrected chi connectivity index (χ2v) is 3.76.